The maximum absolute atomic E-state index is 6.31. The van der Waals surface area contributed by atoms with Crippen LogP contribution in [0.1, 0.15) is 44.6 Å². The Balaban J connectivity index is 2.13. The fraction of sp³-hybridized carbons (Fsp3) is 0.529. The molecule has 0 amide bonds. The highest BCUT2D eigenvalue weighted by molar-refractivity contribution is 6.35. The molecule has 1 aromatic carbocycles. The van der Waals surface area contributed by atoms with Gasteiger partial charge in [0, 0.05) is 16.1 Å². The van der Waals surface area contributed by atoms with Crippen LogP contribution in [0.15, 0.2) is 29.8 Å². The quantitative estimate of drug-likeness (QED) is 0.717. The molecule has 1 nitrogen and oxygen atoms in total. The summed E-state index contributed by atoms with van der Waals surface area (Å²) in [6.07, 6.45) is 9.78. The molecule has 1 aliphatic rings. The van der Waals surface area contributed by atoms with Crippen molar-refractivity contribution in [3.05, 3.63) is 45.5 Å². The summed E-state index contributed by atoms with van der Waals surface area (Å²) in [7, 11) is 0. The standard InChI is InChI=1S/C17H23Cl2N/c1-2-20-17(13-7-5-3-4-6-8-13)11-14-9-10-15(18)12-16(14)19/h7,9-10,12,17,20H,2-6,8,11H2,1H3. The number of hydrogen-bond acceptors (Lipinski definition) is 1. The van der Waals surface area contributed by atoms with Gasteiger partial charge in [0.1, 0.15) is 0 Å². The van der Waals surface area contributed by atoms with E-state index >= 15 is 0 Å². The van der Waals surface area contributed by atoms with Crippen LogP contribution in [0.5, 0.6) is 0 Å². The van der Waals surface area contributed by atoms with Crippen LogP contribution >= 0.6 is 23.2 Å². The highest BCUT2D eigenvalue weighted by Gasteiger charge is 2.16. The van der Waals surface area contributed by atoms with E-state index in [1.807, 2.05) is 18.2 Å². The fourth-order valence-corrected chi connectivity index (χ4v) is 3.33. The van der Waals surface area contributed by atoms with Gasteiger partial charge in [-0.15, -0.1) is 0 Å². The normalized spacial score (nSPS) is 17.4. The van der Waals surface area contributed by atoms with Crippen LogP contribution in [-0.2, 0) is 6.42 Å². The van der Waals surface area contributed by atoms with Gasteiger partial charge in [0.25, 0.3) is 0 Å². The second-order valence-corrected chi connectivity index (χ2v) is 6.27. The van der Waals surface area contributed by atoms with E-state index in [4.69, 9.17) is 23.2 Å². The minimum Gasteiger partial charge on any atom is -0.310 e. The van der Waals surface area contributed by atoms with E-state index in [-0.39, 0.29) is 0 Å². The number of benzene rings is 1. The maximum atomic E-state index is 6.31. The smallest absolute Gasteiger partial charge is 0.0453 e. The molecule has 0 heterocycles. The minimum atomic E-state index is 0.400. The zero-order valence-electron chi connectivity index (χ0n) is 12.1. The summed E-state index contributed by atoms with van der Waals surface area (Å²) in [6, 6.07) is 6.21. The number of hydrogen-bond donors (Lipinski definition) is 1. The molecule has 0 fully saturated rings. The van der Waals surface area contributed by atoms with Crippen LogP contribution in [0.2, 0.25) is 10.0 Å². The van der Waals surface area contributed by atoms with Gasteiger partial charge >= 0.3 is 0 Å². The molecule has 1 N–H and O–H groups in total. The van der Waals surface area contributed by atoms with Crippen LogP contribution in [0.4, 0.5) is 0 Å². The van der Waals surface area contributed by atoms with Crippen LogP contribution in [0.25, 0.3) is 0 Å². The number of nitrogens with one attached hydrogen (secondary N) is 1. The Morgan fingerprint density at radius 1 is 1.20 bits per heavy atom. The number of likely N-dealkylation sites (N-methyl/N-ethyl adjacent to an activating group) is 1. The van der Waals surface area contributed by atoms with Gasteiger partial charge < -0.3 is 5.32 Å². The predicted octanol–water partition coefficient (Wildman–Crippen LogP) is 5.40. The van der Waals surface area contributed by atoms with Crippen molar-refractivity contribution in [2.75, 3.05) is 6.54 Å². The summed E-state index contributed by atoms with van der Waals surface area (Å²) >= 11 is 12.3. The molecule has 0 aromatic heterocycles. The number of allylic oxidation sites excluding steroid dienone is 1. The van der Waals surface area contributed by atoms with E-state index in [0.717, 1.165) is 18.0 Å². The van der Waals surface area contributed by atoms with E-state index in [2.05, 4.69) is 18.3 Å². The molecule has 1 atom stereocenters. The average molecular weight is 312 g/mol. The van der Waals surface area contributed by atoms with E-state index in [9.17, 15) is 0 Å². The average Bonchev–Trinajstić information content (AvgIpc) is 2.70. The monoisotopic (exact) mass is 311 g/mol. The first-order valence-electron chi connectivity index (χ1n) is 7.57. The largest absolute Gasteiger partial charge is 0.310 e. The third kappa shape index (κ3) is 4.51. The molecular weight excluding hydrogens is 289 g/mol. The molecule has 0 spiro atoms. The number of halogens is 2. The predicted molar refractivity (Wildman–Crippen MR) is 88.8 cm³/mol. The SMILES string of the molecule is CCNC(Cc1ccc(Cl)cc1Cl)C1=CCCCCC1. The van der Waals surface area contributed by atoms with Crippen molar-refractivity contribution in [3.63, 3.8) is 0 Å². The van der Waals surface area contributed by atoms with Crippen LogP contribution in [-0.4, -0.2) is 12.6 Å². The lowest BCUT2D eigenvalue weighted by Crippen LogP contribution is -2.33. The van der Waals surface area contributed by atoms with Gasteiger partial charge in [-0.1, -0.05) is 54.3 Å². The summed E-state index contributed by atoms with van der Waals surface area (Å²) in [5.74, 6) is 0. The summed E-state index contributed by atoms with van der Waals surface area (Å²) in [5.41, 5.74) is 2.72. The molecule has 0 saturated heterocycles. The highest BCUT2D eigenvalue weighted by Crippen LogP contribution is 2.26. The molecule has 0 radical (unpaired) electrons. The zero-order chi connectivity index (χ0) is 14.4. The lowest BCUT2D eigenvalue weighted by molar-refractivity contribution is 0.562. The van der Waals surface area contributed by atoms with Crippen molar-refractivity contribution in [1.82, 2.24) is 5.32 Å². The van der Waals surface area contributed by atoms with Crippen molar-refractivity contribution in [2.24, 2.45) is 0 Å². The van der Waals surface area contributed by atoms with Gasteiger partial charge in [-0.25, -0.2) is 0 Å². The van der Waals surface area contributed by atoms with Crippen LogP contribution < -0.4 is 5.32 Å². The molecule has 2 rings (SSSR count). The second-order valence-electron chi connectivity index (χ2n) is 5.43. The molecule has 1 aliphatic carbocycles. The van der Waals surface area contributed by atoms with Crippen LogP contribution in [0, 0.1) is 0 Å². The molecule has 20 heavy (non-hydrogen) atoms. The van der Waals surface area contributed by atoms with Gasteiger partial charge in [-0.05, 0) is 56.3 Å². The Bertz CT molecular complexity index is 468. The van der Waals surface area contributed by atoms with Gasteiger partial charge in [0.05, 0.1) is 0 Å². The highest BCUT2D eigenvalue weighted by atomic mass is 35.5. The first kappa shape index (κ1) is 15.9. The van der Waals surface area contributed by atoms with Crippen molar-refractivity contribution in [2.45, 2.75) is 51.5 Å². The molecular formula is C17H23Cl2N. The first-order chi connectivity index (χ1) is 9.70. The Morgan fingerprint density at radius 3 is 2.80 bits per heavy atom. The van der Waals surface area contributed by atoms with Gasteiger partial charge in [-0.3, -0.25) is 0 Å². The zero-order valence-corrected chi connectivity index (χ0v) is 13.6. The Labute approximate surface area is 132 Å². The maximum Gasteiger partial charge on any atom is 0.0453 e. The van der Waals surface area contributed by atoms with Crippen molar-refractivity contribution < 1.29 is 0 Å². The van der Waals surface area contributed by atoms with Crippen molar-refractivity contribution >= 4 is 23.2 Å². The van der Waals surface area contributed by atoms with E-state index in [1.54, 1.807) is 5.57 Å². The molecule has 0 aliphatic heterocycles. The Hall–Kier alpha value is -0.500. The third-order valence-electron chi connectivity index (χ3n) is 3.91. The topological polar surface area (TPSA) is 12.0 Å². The molecule has 1 unspecified atom stereocenters. The van der Waals surface area contributed by atoms with Crippen LogP contribution in [0.3, 0.4) is 0 Å². The summed E-state index contributed by atoms with van der Waals surface area (Å²) in [5, 5.41) is 5.08. The van der Waals surface area contributed by atoms with E-state index in [1.165, 1.54) is 37.7 Å². The van der Waals surface area contributed by atoms with Crippen molar-refractivity contribution in [1.29, 1.82) is 0 Å². The first-order valence-corrected chi connectivity index (χ1v) is 8.32. The fourth-order valence-electron chi connectivity index (χ4n) is 2.84. The van der Waals surface area contributed by atoms with E-state index < -0.39 is 0 Å². The van der Waals surface area contributed by atoms with Crippen molar-refractivity contribution in [3.8, 4) is 0 Å². The van der Waals surface area contributed by atoms with Gasteiger partial charge in [0.2, 0.25) is 0 Å². The minimum absolute atomic E-state index is 0.400. The lowest BCUT2D eigenvalue weighted by atomic mass is 9.95. The molecule has 1 aromatic rings. The summed E-state index contributed by atoms with van der Waals surface area (Å²) in [6.45, 7) is 3.14. The van der Waals surface area contributed by atoms with Gasteiger partial charge in [-0.2, -0.15) is 0 Å². The van der Waals surface area contributed by atoms with Gasteiger partial charge in [0.15, 0.2) is 0 Å². The third-order valence-corrected chi connectivity index (χ3v) is 4.50. The molecule has 110 valence electrons. The Kier molecular flexibility index (Phi) is 6.41. The summed E-state index contributed by atoms with van der Waals surface area (Å²) < 4.78 is 0. The molecule has 0 saturated carbocycles. The molecule has 3 heteroatoms. The van der Waals surface area contributed by atoms with E-state index in [0.29, 0.717) is 11.1 Å². The Morgan fingerprint density at radius 2 is 2.05 bits per heavy atom. The summed E-state index contributed by atoms with van der Waals surface area (Å²) in [4.78, 5) is 0. The second kappa shape index (κ2) is 8.07. The lowest BCUT2D eigenvalue weighted by Gasteiger charge is -2.22. The molecule has 0 bridgehead atoms. The number of rotatable bonds is 5.